The molecule has 24 heteroatoms. The Hall–Kier alpha value is -1.62. The van der Waals surface area contributed by atoms with Crippen molar-refractivity contribution < 1.29 is 106 Å². The lowest BCUT2D eigenvalue weighted by Crippen LogP contribution is -2.68. The van der Waals surface area contributed by atoms with Crippen molar-refractivity contribution in [1.29, 1.82) is 0 Å². The van der Waals surface area contributed by atoms with Crippen LogP contribution in [0.5, 0.6) is 0 Å². The molecule has 0 aliphatic carbocycles. The zero-order valence-corrected chi connectivity index (χ0v) is 14.1. The summed E-state index contributed by atoms with van der Waals surface area (Å²) in [7, 11) is 0. The summed E-state index contributed by atoms with van der Waals surface area (Å²) in [5, 5.41) is 0. The molecule has 206 valence electrons. The zero-order chi connectivity index (χ0) is 28.4. The van der Waals surface area contributed by atoms with E-state index in [1.54, 1.807) is 0 Å². The highest BCUT2D eigenvalue weighted by molar-refractivity contribution is 5.00. The van der Waals surface area contributed by atoms with Gasteiger partial charge in [-0.25, -0.2) is 9.47 Å². The molecule has 0 aliphatic rings. The van der Waals surface area contributed by atoms with Crippen molar-refractivity contribution in [1.82, 2.24) is 0 Å². The maximum Gasteiger partial charge on any atom is 0.462 e. The molecule has 0 unspecified atom stereocenters. The van der Waals surface area contributed by atoms with E-state index in [4.69, 9.17) is 0 Å². The summed E-state index contributed by atoms with van der Waals surface area (Å²) in [4.78, 5) is 0. The predicted octanol–water partition coefficient (Wildman–Crippen LogP) is 7.06. The second kappa shape index (κ2) is 7.94. The molecule has 0 heterocycles. The first-order valence-corrected chi connectivity index (χ1v) is 6.72. The normalized spacial score (nSPS) is 16.8. The number of rotatable bonds is 9. The SMILES string of the molecule is FC(F)(F)C(F)(F)C(F)(F)OC(F)(F)C(F)(F)C(F)(F)C(F)(F)OC(F)(F)C(F)(F)C(F)(F)F. The summed E-state index contributed by atoms with van der Waals surface area (Å²) in [6, 6.07) is 0. The number of hydrogen-bond acceptors (Lipinski definition) is 2. The molecule has 0 rings (SSSR count). The standard InChI is InChI=1S/C10F22O2/c11-1(12,7(25,26)33-9(29,30)3(15,16)5(19,20)21)2(13,14)8(27,28)34-10(31,32)4(17,18)6(22,23)24. The Morgan fingerprint density at radius 1 is 0.235 bits per heavy atom. The van der Waals surface area contributed by atoms with Crippen LogP contribution in [0, 0.1) is 0 Å². The molecule has 0 fully saturated rings. The van der Waals surface area contributed by atoms with Crippen LogP contribution >= 0.6 is 0 Å². The van der Waals surface area contributed by atoms with E-state index in [-0.39, 0.29) is 0 Å². The Kier molecular flexibility index (Phi) is 7.57. The van der Waals surface area contributed by atoms with Crippen LogP contribution in [0.1, 0.15) is 0 Å². The van der Waals surface area contributed by atoms with Crippen LogP contribution in [-0.2, 0) is 9.47 Å². The fraction of sp³-hybridized carbons (Fsp3) is 1.00. The van der Waals surface area contributed by atoms with Gasteiger partial charge >= 0.3 is 60.5 Å². The highest BCUT2D eigenvalue weighted by atomic mass is 19.4. The zero-order valence-electron chi connectivity index (χ0n) is 14.1. The minimum atomic E-state index is -8.65. The minimum Gasteiger partial charge on any atom is -0.245 e. The van der Waals surface area contributed by atoms with E-state index in [0.29, 0.717) is 0 Å². The second-order valence-corrected chi connectivity index (χ2v) is 5.56. The summed E-state index contributed by atoms with van der Waals surface area (Å²) in [6.07, 6.45) is -48.0. The smallest absolute Gasteiger partial charge is 0.245 e. The molecule has 0 aliphatic heterocycles. The molecular weight excluding hydrogens is 570 g/mol. The van der Waals surface area contributed by atoms with Gasteiger partial charge in [-0.05, 0) is 0 Å². The Bertz CT molecular complexity index is 665. The molecule has 0 saturated carbocycles. The fourth-order valence-electron chi connectivity index (χ4n) is 1.27. The Morgan fingerprint density at radius 2 is 0.382 bits per heavy atom. The van der Waals surface area contributed by atoms with Gasteiger partial charge in [0.05, 0.1) is 0 Å². The third-order valence-electron chi connectivity index (χ3n) is 3.08. The molecule has 0 spiro atoms. The summed E-state index contributed by atoms with van der Waals surface area (Å²) in [5.74, 6) is -33.2. The molecular formula is C10F22O2. The molecule has 0 aromatic heterocycles. The van der Waals surface area contributed by atoms with Gasteiger partial charge in [-0.2, -0.15) is 96.6 Å². The topological polar surface area (TPSA) is 18.5 Å². The van der Waals surface area contributed by atoms with Gasteiger partial charge in [-0.3, -0.25) is 0 Å². The van der Waals surface area contributed by atoms with E-state index in [1.165, 1.54) is 0 Å². The summed E-state index contributed by atoms with van der Waals surface area (Å²) in [5.41, 5.74) is 0. The molecule has 2 nitrogen and oxygen atoms in total. The fourth-order valence-corrected chi connectivity index (χ4v) is 1.27. The average molecular weight is 570 g/mol. The van der Waals surface area contributed by atoms with Gasteiger partial charge in [-0.1, -0.05) is 0 Å². The van der Waals surface area contributed by atoms with Crippen molar-refractivity contribution in [2.45, 2.75) is 60.5 Å². The molecule has 0 atom stereocenters. The highest BCUT2D eigenvalue weighted by Crippen LogP contribution is 2.59. The second-order valence-electron chi connectivity index (χ2n) is 5.56. The summed E-state index contributed by atoms with van der Waals surface area (Å²) in [6.45, 7) is 0. The Labute approximate surface area is 168 Å². The molecule has 0 radical (unpaired) electrons. The molecule has 34 heavy (non-hydrogen) atoms. The van der Waals surface area contributed by atoms with Gasteiger partial charge in [0.2, 0.25) is 0 Å². The van der Waals surface area contributed by atoms with Crippen LogP contribution in [0.3, 0.4) is 0 Å². The van der Waals surface area contributed by atoms with Crippen molar-refractivity contribution in [3.63, 3.8) is 0 Å². The lowest BCUT2D eigenvalue weighted by Gasteiger charge is -2.39. The quantitative estimate of drug-likeness (QED) is 0.277. The van der Waals surface area contributed by atoms with E-state index in [0.717, 1.165) is 9.47 Å². The molecule has 0 aromatic carbocycles. The highest BCUT2D eigenvalue weighted by Gasteiger charge is 2.88. The summed E-state index contributed by atoms with van der Waals surface area (Å²) < 4.78 is 277. The maximum atomic E-state index is 13.1. The first-order valence-electron chi connectivity index (χ1n) is 6.72. The molecule has 0 amide bonds. The van der Waals surface area contributed by atoms with Crippen molar-refractivity contribution >= 4 is 0 Å². The van der Waals surface area contributed by atoms with E-state index in [9.17, 15) is 96.6 Å². The third-order valence-corrected chi connectivity index (χ3v) is 3.08. The van der Waals surface area contributed by atoms with Gasteiger partial charge in [-0.15, -0.1) is 0 Å². The van der Waals surface area contributed by atoms with E-state index < -0.39 is 60.5 Å². The van der Waals surface area contributed by atoms with Crippen LogP contribution in [0.25, 0.3) is 0 Å². The summed E-state index contributed by atoms with van der Waals surface area (Å²) >= 11 is 0. The van der Waals surface area contributed by atoms with Gasteiger partial charge in [0.1, 0.15) is 0 Å². The van der Waals surface area contributed by atoms with Crippen molar-refractivity contribution in [2.24, 2.45) is 0 Å². The third kappa shape index (κ3) is 4.87. The van der Waals surface area contributed by atoms with Crippen LogP contribution in [-0.4, -0.2) is 60.5 Å². The van der Waals surface area contributed by atoms with Gasteiger partial charge in [0.15, 0.2) is 0 Å². The number of hydrogen-bond donors (Lipinski definition) is 0. The van der Waals surface area contributed by atoms with Crippen LogP contribution in [0.15, 0.2) is 0 Å². The number of ether oxygens (including phenoxy) is 2. The first-order chi connectivity index (χ1) is 14.2. The predicted molar refractivity (Wildman–Crippen MR) is 53.9 cm³/mol. The van der Waals surface area contributed by atoms with E-state index in [1.807, 2.05) is 0 Å². The van der Waals surface area contributed by atoms with Crippen LogP contribution in [0.4, 0.5) is 96.6 Å². The van der Waals surface area contributed by atoms with Gasteiger partial charge < -0.3 is 0 Å². The van der Waals surface area contributed by atoms with Crippen molar-refractivity contribution in [2.75, 3.05) is 0 Å². The lowest BCUT2D eigenvalue weighted by atomic mass is 10.1. The molecule has 0 bridgehead atoms. The maximum absolute atomic E-state index is 13.1. The van der Waals surface area contributed by atoms with Crippen LogP contribution < -0.4 is 0 Å². The monoisotopic (exact) mass is 570 g/mol. The van der Waals surface area contributed by atoms with Crippen molar-refractivity contribution in [3.8, 4) is 0 Å². The number of alkyl halides is 22. The van der Waals surface area contributed by atoms with E-state index in [2.05, 4.69) is 0 Å². The molecule has 0 saturated heterocycles. The van der Waals surface area contributed by atoms with Gasteiger partial charge in [0, 0.05) is 0 Å². The largest absolute Gasteiger partial charge is 0.462 e. The van der Waals surface area contributed by atoms with E-state index >= 15 is 0 Å². The van der Waals surface area contributed by atoms with Crippen molar-refractivity contribution in [3.05, 3.63) is 0 Å². The molecule has 0 N–H and O–H groups in total. The first kappa shape index (κ1) is 32.4. The lowest BCUT2D eigenvalue weighted by molar-refractivity contribution is -0.544. The minimum absolute atomic E-state index is 0.943. The van der Waals surface area contributed by atoms with Gasteiger partial charge in [0.25, 0.3) is 0 Å². The molecule has 0 aromatic rings. The van der Waals surface area contributed by atoms with Crippen LogP contribution in [0.2, 0.25) is 0 Å². The number of halogens is 22. The average Bonchev–Trinajstić information content (AvgIpc) is 2.49. The Morgan fingerprint density at radius 3 is 0.529 bits per heavy atom. The Balaban J connectivity index is 6.41.